The van der Waals surface area contributed by atoms with Gasteiger partial charge in [-0.3, -0.25) is 0 Å². The zero-order valence-corrected chi connectivity index (χ0v) is 8.61. The second kappa shape index (κ2) is 5.15. The molecule has 0 aliphatic rings. The maximum absolute atomic E-state index is 12.9. The molecule has 0 bridgehead atoms. The summed E-state index contributed by atoms with van der Waals surface area (Å²) in [6.07, 6.45) is -0.505. The van der Waals surface area contributed by atoms with Crippen molar-refractivity contribution >= 4 is 17.3 Å². The molecular formula is C10H12ClF2N. The van der Waals surface area contributed by atoms with E-state index in [4.69, 9.17) is 11.6 Å². The highest BCUT2D eigenvalue weighted by Crippen LogP contribution is 2.24. The smallest absolute Gasteiger partial charge is 0.143 e. The quantitative estimate of drug-likeness (QED) is 0.815. The fourth-order valence-corrected chi connectivity index (χ4v) is 1.20. The minimum Gasteiger partial charge on any atom is -0.381 e. The Morgan fingerprint density at radius 1 is 1.50 bits per heavy atom. The van der Waals surface area contributed by atoms with E-state index >= 15 is 0 Å². The molecule has 4 heteroatoms. The van der Waals surface area contributed by atoms with E-state index in [0.29, 0.717) is 12.1 Å². The van der Waals surface area contributed by atoms with Crippen LogP contribution >= 0.6 is 11.6 Å². The van der Waals surface area contributed by atoms with Crippen LogP contribution in [-0.4, -0.2) is 12.7 Å². The molecule has 0 radical (unpaired) electrons. The summed E-state index contributed by atoms with van der Waals surface area (Å²) in [6.45, 7) is 1.90. The van der Waals surface area contributed by atoms with Crippen molar-refractivity contribution in [3.05, 3.63) is 29.0 Å². The van der Waals surface area contributed by atoms with Gasteiger partial charge >= 0.3 is 0 Å². The van der Waals surface area contributed by atoms with Crippen molar-refractivity contribution in [2.75, 3.05) is 11.9 Å². The molecule has 1 aromatic carbocycles. The number of hydrogen-bond acceptors (Lipinski definition) is 1. The first kappa shape index (κ1) is 11.2. The standard InChI is InChI=1S/C10H12ClF2N/c1-2-7(12)6-14-9-5-3-4-8(13)10(9)11/h3-5,7,14H,2,6H2,1H3. The van der Waals surface area contributed by atoms with Crippen LogP contribution in [0.2, 0.25) is 5.02 Å². The highest BCUT2D eigenvalue weighted by atomic mass is 35.5. The number of anilines is 1. The fourth-order valence-electron chi connectivity index (χ4n) is 1.01. The third-order valence-electron chi connectivity index (χ3n) is 1.91. The van der Waals surface area contributed by atoms with Crippen LogP contribution in [0.5, 0.6) is 0 Å². The van der Waals surface area contributed by atoms with Crippen molar-refractivity contribution in [3.8, 4) is 0 Å². The van der Waals surface area contributed by atoms with Crippen LogP contribution < -0.4 is 5.32 Å². The molecule has 14 heavy (non-hydrogen) atoms. The maximum Gasteiger partial charge on any atom is 0.143 e. The minimum absolute atomic E-state index is 0.0100. The third kappa shape index (κ3) is 2.84. The first-order chi connectivity index (χ1) is 6.65. The first-order valence-electron chi connectivity index (χ1n) is 4.47. The summed E-state index contributed by atoms with van der Waals surface area (Å²) in [5.41, 5.74) is 0.433. The number of halogens is 3. The molecule has 0 aliphatic heterocycles. The van der Waals surface area contributed by atoms with Gasteiger partial charge in [-0.2, -0.15) is 0 Å². The molecule has 0 fully saturated rings. The number of nitrogens with one attached hydrogen (secondary N) is 1. The molecule has 1 nitrogen and oxygen atoms in total. The van der Waals surface area contributed by atoms with Gasteiger partial charge in [0.05, 0.1) is 10.7 Å². The summed E-state index contributed by atoms with van der Waals surface area (Å²) in [4.78, 5) is 0. The van der Waals surface area contributed by atoms with E-state index in [2.05, 4.69) is 5.32 Å². The van der Waals surface area contributed by atoms with E-state index in [-0.39, 0.29) is 11.6 Å². The lowest BCUT2D eigenvalue weighted by atomic mass is 10.2. The normalized spacial score (nSPS) is 12.6. The van der Waals surface area contributed by atoms with E-state index in [9.17, 15) is 8.78 Å². The van der Waals surface area contributed by atoms with E-state index in [1.807, 2.05) is 0 Å². The summed E-state index contributed by atoms with van der Waals surface area (Å²) in [6, 6.07) is 4.41. The summed E-state index contributed by atoms with van der Waals surface area (Å²) in [5.74, 6) is -0.497. The van der Waals surface area contributed by atoms with Crippen LogP contribution in [-0.2, 0) is 0 Å². The lowest BCUT2D eigenvalue weighted by Crippen LogP contribution is -2.14. The molecule has 0 saturated heterocycles. The molecule has 1 N–H and O–H groups in total. The maximum atomic E-state index is 12.9. The van der Waals surface area contributed by atoms with Gasteiger partial charge in [0.2, 0.25) is 0 Å². The van der Waals surface area contributed by atoms with Crippen LogP contribution in [0.4, 0.5) is 14.5 Å². The van der Waals surface area contributed by atoms with Crippen LogP contribution in [0.25, 0.3) is 0 Å². The summed E-state index contributed by atoms with van der Waals surface area (Å²) < 4.78 is 25.8. The van der Waals surface area contributed by atoms with Crippen LogP contribution in [0, 0.1) is 5.82 Å². The second-order valence-electron chi connectivity index (χ2n) is 2.99. The topological polar surface area (TPSA) is 12.0 Å². The molecule has 0 saturated carbocycles. The lowest BCUT2D eigenvalue weighted by molar-refractivity contribution is 0.340. The molecule has 0 aromatic heterocycles. The summed E-state index contributed by atoms with van der Waals surface area (Å²) in [7, 11) is 0. The van der Waals surface area contributed by atoms with Gasteiger partial charge in [-0.25, -0.2) is 8.78 Å². The van der Waals surface area contributed by atoms with Gasteiger partial charge in [0, 0.05) is 6.54 Å². The molecule has 1 rings (SSSR count). The first-order valence-corrected chi connectivity index (χ1v) is 4.85. The van der Waals surface area contributed by atoms with Crippen molar-refractivity contribution in [2.45, 2.75) is 19.5 Å². The predicted molar refractivity (Wildman–Crippen MR) is 55.1 cm³/mol. The van der Waals surface area contributed by atoms with Gasteiger partial charge in [-0.05, 0) is 18.6 Å². The Morgan fingerprint density at radius 2 is 2.21 bits per heavy atom. The Morgan fingerprint density at radius 3 is 2.86 bits per heavy atom. The van der Waals surface area contributed by atoms with Gasteiger partial charge in [0.25, 0.3) is 0 Å². The van der Waals surface area contributed by atoms with Gasteiger partial charge in [-0.1, -0.05) is 24.6 Å². The van der Waals surface area contributed by atoms with Gasteiger partial charge in [0.15, 0.2) is 0 Å². The highest BCUT2D eigenvalue weighted by molar-refractivity contribution is 6.33. The largest absolute Gasteiger partial charge is 0.381 e. The Balaban J connectivity index is 2.63. The zero-order chi connectivity index (χ0) is 10.6. The van der Waals surface area contributed by atoms with Crippen molar-refractivity contribution in [3.63, 3.8) is 0 Å². The van der Waals surface area contributed by atoms with E-state index in [0.717, 1.165) is 0 Å². The molecule has 0 aliphatic carbocycles. The summed E-state index contributed by atoms with van der Waals surface area (Å²) in [5, 5.41) is 2.77. The van der Waals surface area contributed by atoms with Gasteiger partial charge < -0.3 is 5.32 Å². The van der Waals surface area contributed by atoms with E-state index < -0.39 is 12.0 Å². The molecule has 1 aromatic rings. The molecule has 0 amide bonds. The second-order valence-corrected chi connectivity index (χ2v) is 3.37. The average Bonchev–Trinajstić information content (AvgIpc) is 2.20. The Hall–Kier alpha value is -0.830. The van der Waals surface area contributed by atoms with E-state index in [1.165, 1.54) is 12.1 Å². The Bertz CT molecular complexity index is 304. The fraction of sp³-hybridized carbons (Fsp3) is 0.400. The monoisotopic (exact) mass is 219 g/mol. The predicted octanol–water partition coefficient (Wildman–Crippen LogP) is 3.64. The van der Waals surface area contributed by atoms with Crippen LogP contribution in [0.3, 0.4) is 0 Å². The molecule has 1 unspecified atom stereocenters. The minimum atomic E-state index is -0.936. The highest BCUT2D eigenvalue weighted by Gasteiger charge is 2.07. The summed E-state index contributed by atoms with van der Waals surface area (Å²) >= 11 is 5.66. The Labute approximate surface area is 87.1 Å². The number of rotatable bonds is 4. The van der Waals surface area contributed by atoms with Gasteiger partial charge in [0.1, 0.15) is 12.0 Å². The van der Waals surface area contributed by atoms with Crippen molar-refractivity contribution in [1.29, 1.82) is 0 Å². The number of alkyl halides is 1. The average molecular weight is 220 g/mol. The molecule has 0 heterocycles. The van der Waals surface area contributed by atoms with Crippen LogP contribution in [0.15, 0.2) is 18.2 Å². The number of benzene rings is 1. The van der Waals surface area contributed by atoms with Crippen LogP contribution in [0.1, 0.15) is 13.3 Å². The molecular weight excluding hydrogens is 208 g/mol. The lowest BCUT2D eigenvalue weighted by Gasteiger charge is -2.10. The SMILES string of the molecule is CCC(F)CNc1cccc(F)c1Cl. The number of hydrogen-bond donors (Lipinski definition) is 1. The molecule has 78 valence electrons. The third-order valence-corrected chi connectivity index (χ3v) is 2.29. The molecule has 1 atom stereocenters. The molecule has 0 spiro atoms. The Kier molecular flexibility index (Phi) is 4.14. The van der Waals surface area contributed by atoms with Gasteiger partial charge in [-0.15, -0.1) is 0 Å². The van der Waals surface area contributed by atoms with E-state index in [1.54, 1.807) is 13.0 Å². The van der Waals surface area contributed by atoms with Crippen molar-refractivity contribution in [2.24, 2.45) is 0 Å². The zero-order valence-electron chi connectivity index (χ0n) is 7.86. The van der Waals surface area contributed by atoms with Crippen molar-refractivity contribution in [1.82, 2.24) is 0 Å². The van der Waals surface area contributed by atoms with Crippen molar-refractivity contribution < 1.29 is 8.78 Å².